The van der Waals surface area contributed by atoms with Crippen LogP contribution in [0.5, 0.6) is 0 Å². The Labute approximate surface area is 169 Å². The van der Waals surface area contributed by atoms with Crippen LogP contribution in [0, 0.1) is 27.7 Å². The Hall–Kier alpha value is -1.89. The van der Waals surface area contributed by atoms with Crippen molar-refractivity contribution in [1.82, 2.24) is 9.62 Å². The maximum atomic E-state index is 12.9. The summed E-state index contributed by atoms with van der Waals surface area (Å²) < 4.78 is 28.7. The topological polar surface area (TPSA) is 52.7 Å². The van der Waals surface area contributed by atoms with E-state index >= 15 is 0 Å². The zero-order valence-electron chi connectivity index (χ0n) is 17.3. The van der Waals surface area contributed by atoms with Gasteiger partial charge < -0.3 is 4.90 Å². The van der Waals surface area contributed by atoms with E-state index in [0.29, 0.717) is 11.4 Å². The number of nitrogens with zero attached hydrogens (tertiary/aromatic N) is 2. The maximum absolute atomic E-state index is 12.9. The second kappa shape index (κ2) is 8.64. The average Bonchev–Trinajstić information content (AvgIpc) is 2.67. The van der Waals surface area contributed by atoms with Gasteiger partial charge in [-0.3, -0.25) is 4.90 Å². The van der Waals surface area contributed by atoms with Gasteiger partial charge in [-0.2, -0.15) is 0 Å². The molecule has 1 aliphatic heterocycles. The highest BCUT2D eigenvalue weighted by Gasteiger charge is 2.22. The zero-order valence-corrected chi connectivity index (χ0v) is 18.1. The maximum Gasteiger partial charge on any atom is 0.241 e. The van der Waals surface area contributed by atoms with Crippen molar-refractivity contribution in [3.05, 3.63) is 58.7 Å². The molecule has 1 fully saturated rings. The van der Waals surface area contributed by atoms with Crippen LogP contribution in [0.4, 0.5) is 5.69 Å². The Kier molecular flexibility index (Phi) is 6.43. The number of rotatable bonds is 6. The van der Waals surface area contributed by atoms with E-state index in [9.17, 15) is 8.42 Å². The smallest absolute Gasteiger partial charge is 0.241 e. The van der Waals surface area contributed by atoms with Crippen molar-refractivity contribution in [3.8, 4) is 0 Å². The Morgan fingerprint density at radius 2 is 1.46 bits per heavy atom. The number of sulfonamides is 1. The fourth-order valence-electron chi connectivity index (χ4n) is 3.86. The van der Waals surface area contributed by atoms with Gasteiger partial charge in [0, 0.05) is 45.0 Å². The molecule has 28 heavy (non-hydrogen) atoms. The van der Waals surface area contributed by atoms with Crippen LogP contribution in [0.15, 0.2) is 41.3 Å². The van der Waals surface area contributed by atoms with Crippen LogP contribution in [0.3, 0.4) is 0 Å². The zero-order chi connectivity index (χ0) is 20.3. The number of aryl methyl sites for hydroxylation is 2. The molecular weight excluding hydrogens is 370 g/mol. The van der Waals surface area contributed by atoms with Gasteiger partial charge in [0.15, 0.2) is 0 Å². The van der Waals surface area contributed by atoms with Gasteiger partial charge in [-0.05, 0) is 62.1 Å². The van der Waals surface area contributed by atoms with Crippen LogP contribution < -0.4 is 9.62 Å². The molecule has 2 aromatic carbocycles. The van der Waals surface area contributed by atoms with Crippen molar-refractivity contribution in [2.24, 2.45) is 0 Å². The highest BCUT2D eigenvalue weighted by atomic mass is 32.2. The third kappa shape index (κ3) is 4.57. The van der Waals surface area contributed by atoms with Gasteiger partial charge in [-0.1, -0.05) is 24.3 Å². The molecule has 3 rings (SSSR count). The van der Waals surface area contributed by atoms with E-state index in [2.05, 4.69) is 44.9 Å². The molecule has 0 aliphatic carbocycles. The highest BCUT2D eigenvalue weighted by Crippen LogP contribution is 2.25. The Morgan fingerprint density at radius 1 is 0.893 bits per heavy atom. The predicted molar refractivity (Wildman–Crippen MR) is 116 cm³/mol. The molecule has 0 spiro atoms. The first-order valence-corrected chi connectivity index (χ1v) is 11.4. The number of para-hydroxylation sites is 1. The minimum atomic E-state index is -3.51. The largest absolute Gasteiger partial charge is 0.369 e. The summed E-state index contributed by atoms with van der Waals surface area (Å²) in [6, 6.07) is 12.5. The molecule has 1 N–H and O–H groups in total. The van der Waals surface area contributed by atoms with Crippen molar-refractivity contribution in [2.75, 3.05) is 44.2 Å². The van der Waals surface area contributed by atoms with Crippen molar-refractivity contribution in [2.45, 2.75) is 32.6 Å². The number of hydrogen-bond donors (Lipinski definition) is 1. The van der Waals surface area contributed by atoms with E-state index in [4.69, 9.17) is 0 Å². The third-order valence-corrected chi connectivity index (χ3v) is 7.51. The molecule has 152 valence electrons. The van der Waals surface area contributed by atoms with E-state index in [1.54, 1.807) is 0 Å². The summed E-state index contributed by atoms with van der Waals surface area (Å²) in [5.41, 5.74) is 4.96. The van der Waals surface area contributed by atoms with Gasteiger partial charge in [0.1, 0.15) is 0 Å². The minimum absolute atomic E-state index is 0.430. The molecule has 1 saturated heterocycles. The predicted octanol–water partition coefficient (Wildman–Crippen LogP) is 3.02. The van der Waals surface area contributed by atoms with Gasteiger partial charge >= 0.3 is 0 Å². The molecule has 6 heteroatoms. The SMILES string of the molecule is Cc1cc(C)c(C)c(S(=O)(=O)NCCN2CCN(c3ccccc3)CC2)c1C. The first-order chi connectivity index (χ1) is 13.3. The summed E-state index contributed by atoms with van der Waals surface area (Å²) in [7, 11) is -3.51. The van der Waals surface area contributed by atoms with Crippen molar-refractivity contribution in [3.63, 3.8) is 0 Å². The average molecular weight is 402 g/mol. The van der Waals surface area contributed by atoms with Gasteiger partial charge in [-0.15, -0.1) is 0 Å². The molecule has 2 aromatic rings. The fourth-order valence-corrected chi connectivity index (χ4v) is 5.50. The summed E-state index contributed by atoms with van der Waals surface area (Å²) in [4.78, 5) is 5.14. The lowest BCUT2D eigenvalue weighted by atomic mass is 10.0. The molecule has 5 nitrogen and oxygen atoms in total. The summed E-state index contributed by atoms with van der Waals surface area (Å²) >= 11 is 0. The monoisotopic (exact) mass is 401 g/mol. The molecule has 0 aromatic heterocycles. The molecule has 0 radical (unpaired) electrons. The number of nitrogens with one attached hydrogen (secondary N) is 1. The van der Waals surface area contributed by atoms with Crippen LogP contribution in [0.1, 0.15) is 22.3 Å². The summed E-state index contributed by atoms with van der Waals surface area (Å²) in [5, 5.41) is 0. The molecule has 0 unspecified atom stereocenters. The third-order valence-electron chi connectivity index (χ3n) is 5.78. The first kappa shape index (κ1) is 20.8. The minimum Gasteiger partial charge on any atom is -0.369 e. The van der Waals surface area contributed by atoms with E-state index in [-0.39, 0.29) is 0 Å². The van der Waals surface area contributed by atoms with Crippen molar-refractivity contribution < 1.29 is 8.42 Å². The summed E-state index contributed by atoms with van der Waals surface area (Å²) in [5.74, 6) is 0. The van der Waals surface area contributed by atoms with Crippen LogP contribution in [0.25, 0.3) is 0 Å². The molecular formula is C22H31N3O2S. The van der Waals surface area contributed by atoms with Crippen LogP contribution in [-0.2, 0) is 10.0 Å². The number of piperazine rings is 1. The quantitative estimate of drug-likeness (QED) is 0.808. The standard InChI is InChI=1S/C22H31N3O2S/c1-17-16-18(2)20(4)22(19(17)3)28(26,27)23-10-11-24-12-14-25(15-13-24)21-8-6-5-7-9-21/h5-9,16,23H,10-15H2,1-4H3. The van der Waals surface area contributed by atoms with Crippen LogP contribution >= 0.6 is 0 Å². The van der Waals surface area contributed by atoms with Crippen molar-refractivity contribution in [1.29, 1.82) is 0 Å². The molecule has 0 saturated carbocycles. The van der Waals surface area contributed by atoms with E-state index in [0.717, 1.165) is 55.0 Å². The van der Waals surface area contributed by atoms with E-state index in [1.165, 1.54) is 5.69 Å². The van der Waals surface area contributed by atoms with Gasteiger partial charge in [0.2, 0.25) is 10.0 Å². The Bertz CT molecular complexity index is 892. The molecule has 0 bridgehead atoms. The molecule has 1 aliphatic rings. The fraction of sp³-hybridized carbons (Fsp3) is 0.455. The summed E-state index contributed by atoms with van der Waals surface area (Å²) in [6.45, 7) is 12.7. The lowest BCUT2D eigenvalue weighted by Gasteiger charge is -2.36. The van der Waals surface area contributed by atoms with Crippen LogP contribution in [0.2, 0.25) is 0 Å². The second-order valence-corrected chi connectivity index (χ2v) is 9.36. The molecule has 0 atom stereocenters. The van der Waals surface area contributed by atoms with Gasteiger partial charge in [-0.25, -0.2) is 13.1 Å². The van der Waals surface area contributed by atoms with E-state index in [1.807, 2.05) is 33.8 Å². The molecule has 1 heterocycles. The van der Waals surface area contributed by atoms with E-state index < -0.39 is 10.0 Å². The lowest BCUT2D eigenvalue weighted by molar-refractivity contribution is 0.262. The Morgan fingerprint density at radius 3 is 2.04 bits per heavy atom. The number of anilines is 1. The normalized spacial score (nSPS) is 15.8. The molecule has 0 amide bonds. The van der Waals surface area contributed by atoms with Gasteiger partial charge in [0.05, 0.1) is 4.90 Å². The summed E-state index contributed by atoms with van der Waals surface area (Å²) in [6.07, 6.45) is 0. The second-order valence-electron chi connectivity index (χ2n) is 7.65. The van der Waals surface area contributed by atoms with Crippen LogP contribution in [-0.4, -0.2) is 52.6 Å². The van der Waals surface area contributed by atoms with Gasteiger partial charge in [0.25, 0.3) is 0 Å². The number of hydrogen-bond acceptors (Lipinski definition) is 4. The first-order valence-electron chi connectivity index (χ1n) is 9.89. The lowest BCUT2D eigenvalue weighted by Crippen LogP contribution is -2.48. The highest BCUT2D eigenvalue weighted by molar-refractivity contribution is 7.89. The Balaban J connectivity index is 1.56. The number of benzene rings is 2. The van der Waals surface area contributed by atoms with Crippen molar-refractivity contribution >= 4 is 15.7 Å².